The Balaban J connectivity index is 2.15. The van der Waals surface area contributed by atoms with Crippen molar-refractivity contribution in [2.75, 3.05) is 18.9 Å². The van der Waals surface area contributed by atoms with Crippen LogP contribution in [0.5, 0.6) is 0 Å². The average Bonchev–Trinajstić information content (AvgIpc) is 2.86. The third kappa shape index (κ3) is 2.67. The predicted octanol–water partition coefficient (Wildman–Crippen LogP) is 0.604. The zero-order chi connectivity index (χ0) is 13.0. The van der Waals surface area contributed by atoms with Gasteiger partial charge in [0.05, 0.1) is 12.3 Å². The number of nitrogens with two attached hydrogens (primary N) is 1. The third-order valence-electron chi connectivity index (χ3n) is 2.28. The zero-order valence-electron chi connectivity index (χ0n) is 9.61. The molecule has 0 atom stereocenters. The molecule has 1 aromatic carbocycles. The molecule has 6 heteroatoms. The second-order valence-electron chi connectivity index (χ2n) is 3.60. The number of nitrogens with zero attached hydrogens (tertiary/aromatic N) is 2. The molecule has 0 saturated heterocycles. The molecule has 0 amide bonds. The van der Waals surface area contributed by atoms with Crippen molar-refractivity contribution in [2.24, 2.45) is 0 Å². The van der Waals surface area contributed by atoms with Gasteiger partial charge in [-0.1, -0.05) is 0 Å². The largest absolute Gasteiger partial charge is 0.458 e. The van der Waals surface area contributed by atoms with Crippen LogP contribution < -0.4 is 5.73 Å². The minimum absolute atomic E-state index is 0.0342. The molecule has 2 aromatic rings. The number of carbonyl (C=O) groups excluding carboxylic acids is 1. The normalized spacial score (nSPS) is 10.3. The summed E-state index contributed by atoms with van der Waals surface area (Å²) in [7, 11) is 0. The molecule has 2 rings (SSSR count). The number of hydrogen-bond acceptors (Lipinski definition) is 5. The molecule has 0 aliphatic heterocycles. The van der Waals surface area contributed by atoms with Crippen molar-refractivity contribution in [3.8, 4) is 5.69 Å². The molecule has 1 heterocycles. The van der Waals surface area contributed by atoms with Gasteiger partial charge in [-0.3, -0.25) is 0 Å². The van der Waals surface area contributed by atoms with E-state index in [2.05, 4.69) is 5.10 Å². The molecule has 0 unspecified atom stereocenters. The van der Waals surface area contributed by atoms with Crippen molar-refractivity contribution in [1.29, 1.82) is 0 Å². The first-order valence-corrected chi connectivity index (χ1v) is 5.40. The number of aliphatic hydroxyl groups excluding tert-OH is 1. The Hall–Kier alpha value is -2.34. The maximum atomic E-state index is 11.5. The lowest BCUT2D eigenvalue weighted by atomic mass is 10.3. The summed E-state index contributed by atoms with van der Waals surface area (Å²) >= 11 is 0. The summed E-state index contributed by atoms with van der Waals surface area (Å²) in [5.74, 6) is -0.557. The van der Waals surface area contributed by atoms with Crippen LogP contribution in [0.4, 0.5) is 5.69 Å². The van der Waals surface area contributed by atoms with E-state index in [0.717, 1.165) is 5.69 Å². The van der Waals surface area contributed by atoms with Gasteiger partial charge in [0.25, 0.3) is 0 Å². The molecule has 0 aliphatic carbocycles. The molecule has 0 saturated carbocycles. The van der Waals surface area contributed by atoms with Crippen molar-refractivity contribution in [2.45, 2.75) is 0 Å². The number of benzene rings is 1. The number of rotatable bonds is 4. The summed E-state index contributed by atoms with van der Waals surface area (Å²) in [5.41, 5.74) is 7.24. The van der Waals surface area contributed by atoms with Crippen molar-refractivity contribution >= 4 is 11.7 Å². The van der Waals surface area contributed by atoms with Crippen LogP contribution in [0.3, 0.4) is 0 Å². The fourth-order valence-corrected chi connectivity index (χ4v) is 1.42. The van der Waals surface area contributed by atoms with Gasteiger partial charge in [0.2, 0.25) is 0 Å². The van der Waals surface area contributed by atoms with Crippen molar-refractivity contribution in [1.82, 2.24) is 9.78 Å². The number of nitrogen functional groups attached to an aromatic ring is 1. The van der Waals surface area contributed by atoms with Gasteiger partial charge in [0, 0.05) is 11.9 Å². The number of esters is 1. The van der Waals surface area contributed by atoms with E-state index in [0.29, 0.717) is 5.69 Å². The lowest BCUT2D eigenvalue weighted by molar-refractivity contribution is 0.0426. The molecule has 0 radical (unpaired) electrons. The molecule has 0 fully saturated rings. The Morgan fingerprint density at radius 2 is 2.06 bits per heavy atom. The molecule has 94 valence electrons. The average molecular weight is 247 g/mol. The summed E-state index contributed by atoms with van der Waals surface area (Å²) in [6.45, 7) is -0.238. The van der Waals surface area contributed by atoms with Crippen LogP contribution >= 0.6 is 0 Å². The number of anilines is 1. The minimum Gasteiger partial charge on any atom is -0.458 e. The zero-order valence-corrected chi connectivity index (χ0v) is 9.61. The molecule has 6 nitrogen and oxygen atoms in total. The Morgan fingerprint density at radius 1 is 1.33 bits per heavy atom. The van der Waals surface area contributed by atoms with Gasteiger partial charge in [0.15, 0.2) is 5.69 Å². The summed E-state index contributed by atoms with van der Waals surface area (Å²) in [6.07, 6.45) is 1.65. The highest BCUT2D eigenvalue weighted by atomic mass is 16.5. The number of aliphatic hydroxyl groups is 1. The van der Waals surface area contributed by atoms with Gasteiger partial charge in [-0.15, -0.1) is 0 Å². The van der Waals surface area contributed by atoms with E-state index in [-0.39, 0.29) is 18.9 Å². The minimum atomic E-state index is -0.557. The molecule has 3 N–H and O–H groups in total. The van der Waals surface area contributed by atoms with Crippen molar-refractivity contribution < 1.29 is 14.6 Å². The van der Waals surface area contributed by atoms with E-state index in [9.17, 15) is 4.79 Å². The van der Waals surface area contributed by atoms with E-state index in [1.54, 1.807) is 41.2 Å². The molecule has 18 heavy (non-hydrogen) atoms. The van der Waals surface area contributed by atoms with Gasteiger partial charge >= 0.3 is 5.97 Å². The topological polar surface area (TPSA) is 90.4 Å². The maximum Gasteiger partial charge on any atom is 0.358 e. The van der Waals surface area contributed by atoms with Crippen molar-refractivity contribution in [3.63, 3.8) is 0 Å². The van der Waals surface area contributed by atoms with E-state index in [4.69, 9.17) is 15.6 Å². The highest BCUT2D eigenvalue weighted by Gasteiger charge is 2.11. The van der Waals surface area contributed by atoms with E-state index >= 15 is 0 Å². The molecular weight excluding hydrogens is 234 g/mol. The number of hydrogen-bond donors (Lipinski definition) is 2. The van der Waals surface area contributed by atoms with Crippen LogP contribution in [0.2, 0.25) is 0 Å². The third-order valence-corrected chi connectivity index (χ3v) is 2.28. The van der Waals surface area contributed by atoms with Gasteiger partial charge in [0.1, 0.15) is 6.61 Å². The monoisotopic (exact) mass is 247 g/mol. The Morgan fingerprint density at radius 3 is 2.72 bits per heavy atom. The fourth-order valence-electron chi connectivity index (χ4n) is 1.42. The first kappa shape index (κ1) is 12.1. The SMILES string of the molecule is Nc1ccc(-n2ccc(C(=O)OCCO)n2)cc1. The molecule has 0 bridgehead atoms. The Bertz CT molecular complexity index is 534. The van der Waals surface area contributed by atoms with E-state index in [1.807, 2.05) is 0 Å². The van der Waals surface area contributed by atoms with E-state index < -0.39 is 5.97 Å². The standard InChI is InChI=1S/C12H13N3O3/c13-9-1-3-10(4-2-9)15-6-5-11(14-15)12(17)18-8-7-16/h1-6,16H,7-8,13H2. The van der Waals surface area contributed by atoms with Gasteiger partial charge in [-0.25, -0.2) is 9.48 Å². The van der Waals surface area contributed by atoms with Gasteiger partial charge < -0.3 is 15.6 Å². The number of aromatic nitrogens is 2. The quantitative estimate of drug-likeness (QED) is 0.610. The van der Waals surface area contributed by atoms with Crippen LogP contribution in [0, 0.1) is 0 Å². The van der Waals surface area contributed by atoms with Crippen LogP contribution in [0.25, 0.3) is 5.69 Å². The molecule has 0 spiro atoms. The molecule has 1 aromatic heterocycles. The first-order chi connectivity index (χ1) is 8.70. The van der Waals surface area contributed by atoms with Crippen LogP contribution in [0.1, 0.15) is 10.5 Å². The molecule has 0 aliphatic rings. The lowest BCUT2D eigenvalue weighted by Gasteiger charge is -2.01. The van der Waals surface area contributed by atoms with E-state index in [1.165, 1.54) is 0 Å². The lowest BCUT2D eigenvalue weighted by Crippen LogP contribution is -2.10. The summed E-state index contributed by atoms with van der Waals surface area (Å²) < 4.78 is 6.31. The van der Waals surface area contributed by atoms with Crippen LogP contribution in [-0.2, 0) is 4.74 Å². The van der Waals surface area contributed by atoms with Gasteiger partial charge in [-0.2, -0.15) is 5.10 Å². The maximum absolute atomic E-state index is 11.5. The fraction of sp³-hybridized carbons (Fsp3) is 0.167. The van der Waals surface area contributed by atoms with Gasteiger partial charge in [-0.05, 0) is 30.3 Å². The summed E-state index contributed by atoms with van der Waals surface area (Å²) in [6, 6.07) is 8.65. The van der Waals surface area contributed by atoms with Crippen LogP contribution in [-0.4, -0.2) is 34.1 Å². The Kier molecular flexibility index (Phi) is 3.59. The molecular formula is C12H13N3O3. The number of ether oxygens (including phenoxy) is 1. The first-order valence-electron chi connectivity index (χ1n) is 5.40. The highest BCUT2D eigenvalue weighted by molar-refractivity contribution is 5.87. The van der Waals surface area contributed by atoms with Crippen molar-refractivity contribution in [3.05, 3.63) is 42.2 Å². The highest BCUT2D eigenvalue weighted by Crippen LogP contribution is 2.11. The second-order valence-corrected chi connectivity index (χ2v) is 3.60. The number of carbonyl (C=O) groups is 1. The predicted molar refractivity (Wildman–Crippen MR) is 65.3 cm³/mol. The second kappa shape index (κ2) is 5.33. The Labute approximate surface area is 104 Å². The summed E-state index contributed by atoms with van der Waals surface area (Å²) in [5, 5.41) is 12.6. The smallest absolute Gasteiger partial charge is 0.358 e. The van der Waals surface area contributed by atoms with Crippen LogP contribution in [0.15, 0.2) is 36.5 Å². The summed E-state index contributed by atoms with van der Waals surface area (Å²) in [4.78, 5) is 11.5.